The lowest BCUT2D eigenvalue weighted by Gasteiger charge is -2.22. The summed E-state index contributed by atoms with van der Waals surface area (Å²) >= 11 is 1.39. The van der Waals surface area contributed by atoms with Crippen molar-refractivity contribution in [2.24, 2.45) is 0 Å². The van der Waals surface area contributed by atoms with Gasteiger partial charge in [-0.05, 0) is 20.9 Å². The molecule has 0 fully saturated rings. The predicted molar refractivity (Wildman–Crippen MR) is 80.1 cm³/mol. The first-order valence-electron chi connectivity index (χ1n) is 6.72. The molecule has 0 unspecified atom stereocenters. The van der Waals surface area contributed by atoms with Crippen molar-refractivity contribution in [3.8, 4) is 0 Å². The summed E-state index contributed by atoms with van der Waals surface area (Å²) in [7, 11) is 2.03. The Morgan fingerprint density at radius 3 is 2.81 bits per heavy atom. The highest BCUT2D eigenvalue weighted by molar-refractivity contribution is 7.16. The second-order valence-electron chi connectivity index (χ2n) is 5.83. The molecule has 0 saturated heterocycles. The quantitative estimate of drug-likeness (QED) is 0.681. The molecule has 1 aliphatic rings. The third-order valence-electron chi connectivity index (χ3n) is 3.20. The van der Waals surface area contributed by atoms with Gasteiger partial charge in [0.05, 0.1) is 17.8 Å². The molecular weight excluding hydrogens is 292 g/mol. The van der Waals surface area contributed by atoms with E-state index in [4.69, 9.17) is 5.11 Å². The first-order chi connectivity index (χ1) is 9.80. The van der Waals surface area contributed by atoms with Gasteiger partial charge in [0.2, 0.25) is 0 Å². The average Bonchev–Trinajstić information content (AvgIpc) is 2.79. The van der Waals surface area contributed by atoms with Gasteiger partial charge in [-0.3, -0.25) is 14.9 Å². The molecule has 2 heterocycles. The summed E-state index contributed by atoms with van der Waals surface area (Å²) in [4.78, 5) is 31.2. The molecule has 0 saturated carbocycles. The van der Waals surface area contributed by atoms with Crippen LogP contribution in [0.1, 0.15) is 24.4 Å². The number of fused-ring (bicyclic) bond motifs is 1. The van der Waals surface area contributed by atoms with E-state index >= 15 is 0 Å². The Bertz CT molecular complexity index is 556. The van der Waals surface area contributed by atoms with Gasteiger partial charge in [-0.2, -0.15) is 0 Å². The molecule has 1 aromatic heterocycles. The normalized spacial score (nSPS) is 15.4. The van der Waals surface area contributed by atoms with Crippen LogP contribution in [0.2, 0.25) is 0 Å². The lowest BCUT2D eigenvalue weighted by atomic mass is 10.1. The van der Waals surface area contributed by atoms with E-state index in [0.717, 1.165) is 30.1 Å². The van der Waals surface area contributed by atoms with Crippen molar-refractivity contribution in [2.75, 3.05) is 25.5 Å². The Morgan fingerprint density at radius 1 is 1.43 bits per heavy atom. The lowest BCUT2D eigenvalue weighted by molar-refractivity contribution is -0.137. The Morgan fingerprint density at radius 2 is 2.14 bits per heavy atom. The molecule has 0 aromatic carbocycles. The van der Waals surface area contributed by atoms with Crippen LogP contribution in [0.15, 0.2) is 0 Å². The first-order valence-corrected chi connectivity index (χ1v) is 7.54. The highest BCUT2D eigenvalue weighted by Crippen LogP contribution is 2.27. The maximum atomic E-state index is 11.8. The number of anilines is 1. The molecule has 7 nitrogen and oxygen atoms in total. The highest BCUT2D eigenvalue weighted by atomic mass is 32.1. The second kappa shape index (κ2) is 6.08. The molecule has 1 aromatic rings. The SMILES string of the molecule is CN1CCc2nc(NC(=O)C(=O)NC(C)(C)CO)sc2C1. The van der Waals surface area contributed by atoms with Crippen LogP contribution in [0.5, 0.6) is 0 Å². The number of carbonyl (C=O) groups is 2. The number of aromatic nitrogens is 1. The Labute approximate surface area is 127 Å². The zero-order valence-corrected chi connectivity index (χ0v) is 13.2. The van der Waals surface area contributed by atoms with Crippen LogP contribution in [-0.4, -0.2) is 52.5 Å². The third kappa shape index (κ3) is 3.99. The topological polar surface area (TPSA) is 94.6 Å². The molecule has 0 atom stereocenters. The monoisotopic (exact) mass is 312 g/mol. The van der Waals surface area contributed by atoms with E-state index in [1.807, 2.05) is 7.05 Å². The van der Waals surface area contributed by atoms with Crippen molar-refractivity contribution in [1.82, 2.24) is 15.2 Å². The molecule has 0 aliphatic carbocycles. The summed E-state index contributed by atoms with van der Waals surface area (Å²) in [5.41, 5.74) is 0.156. The molecule has 2 amide bonds. The minimum atomic E-state index is -0.834. The zero-order valence-electron chi connectivity index (χ0n) is 12.4. The van der Waals surface area contributed by atoms with Crippen LogP contribution >= 0.6 is 11.3 Å². The van der Waals surface area contributed by atoms with E-state index in [2.05, 4.69) is 20.5 Å². The molecular formula is C13H20N4O3S. The van der Waals surface area contributed by atoms with Crippen LogP contribution in [-0.2, 0) is 22.6 Å². The van der Waals surface area contributed by atoms with E-state index < -0.39 is 17.4 Å². The molecule has 116 valence electrons. The average molecular weight is 312 g/mol. The maximum Gasteiger partial charge on any atom is 0.315 e. The predicted octanol–water partition coefficient (Wildman–Crippen LogP) is -0.0434. The minimum absolute atomic E-state index is 0.246. The third-order valence-corrected chi connectivity index (χ3v) is 4.19. The van der Waals surface area contributed by atoms with Gasteiger partial charge in [0.25, 0.3) is 0 Å². The molecule has 21 heavy (non-hydrogen) atoms. The van der Waals surface area contributed by atoms with E-state index in [9.17, 15) is 9.59 Å². The number of rotatable bonds is 3. The fraction of sp³-hybridized carbons (Fsp3) is 0.615. The molecule has 2 rings (SSSR count). The van der Waals surface area contributed by atoms with Gasteiger partial charge in [-0.15, -0.1) is 11.3 Å². The van der Waals surface area contributed by atoms with Gasteiger partial charge in [-0.25, -0.2) is 4.98 Å². The number of nitrogens with zero attached hydrogens (tertiary/aromatic N) is 2. The second-order valence-corrected chi connectivity index (χ2v) is 6.91. The number of carbonyl (C=O) groups excluding carboxylic acids is 2. The first kappa shape index (κ1) is 15.9. The lowest BCUT2D eigenvalue weighted by Crippen LogP contribution is -2.50. The fourth-order valence-corrected chi connectivity index (χ4v) is 3.02. The Hall–Kier alpha value is -1.51. The summed E-state index contributed by atoms with van der Waals surface area (Å²) in [5.74, 6) is -1.55. The number of aliphatic hydroxyl groups is 1. The summed E-state index contributed by atoms with van der Waals surface area (Å²) < 4.78 is 0. The summed E-state index contributed by atoms with van der Waals surface area (Å²) in [6.45, 7) is 4.78. The maximum absolute atomic E-state index is 11.8. The standard InChI is InChI=1S/C13H20N4O3S/c1-13(2,7-18)16-11(20)10(19)15-12-14-8-4-5-17(3)6-9(8)21-12/h18H,4-7H2,1-3H3,(H,16,20)(H,14,15,19). The molecule has 0 spiro atoms. The number of amides is 2. The van der Waals surface area contributed by atoms with Crippen molar-refractivity contribution in [1.29, 1.82) is 0 Å². The number of thiazole rings is 1. The smallest absolute Gasteiger partial charge is 0.315 e. The molecule has 0 bridgehead atoms. The van der Waals surface area contributed by atoms with Crippen molar-refractivity contribution < 1.29 is 14.7 Å². The number of nitrogens with one attached hydrogen (secondary N) is 2. The minimum Gasteiger partial charge on any atom is -0.394 e. The van der Waals surface area contributed by atoms with E-state index in [-0.39, 0.29) is 6.61 Å². The number of likely N-dealkylation sites (N-methyl/N-ethyl adjacent to an activating group) is 1. The number of hydrogen-bond donors (Lipinski definition) is 3. The zero-order chi connectivity index (χ0) is 15.6. The van der Waals surface area contributed by atoms with Crippen molar-refractivity contribution in [2.45, 2.75) is 32.4 Å². The number of hydrogen-bond acceptors (Lipinski definition) is 6. The fourth-order valence-electron chi connectivity index (χ4n) is 1.93. The van der Waals surface area contributed by atoms with E-state index in [0.29, 0.717) is 5.13 Å². The van der Waals surface area contributed by atoms with Gasteiger partial charge in [0.1, 0.15) is 0 Å². The van der Waals surface area contributed by atoms with Gasteiger partial charge in [0.15, 0.2) is 5.13 Å². The largest absolute Gasteiger partial charge is 0.394 e. The molecule has 8 heteroatoms. The Balaban J connectivity index is 1.99. The summed E-state index contributed by atoms with van der Waals surface area (Å²) in [6, 6.07) is 0. The number of aliphatic hydroxyl groups excluding tert-OH is 1. The summed E-state index contributed by atoms with van der Waals surface area (Å²) in [5, 5.41) is 14.5. The van der Waals surface area contributed by atoms with Gasteiger partial charge >= 0.3 is 11.8 Å². The van der Waals surface area contributed by atoms with Crippen molar-refractivity contribution >= 4 is 28.3 Å². The van der Waals surface area contributed by atoms with Crippen LogP contribution in [0.4, 0.5) is 5.13 Å². The van der Waals surface area contributed by atoms with Crippen LogP contribution in [0.25, 0.3) is 0 Å². The summed E-state index contributed by atoms with van der Waals surface area (Å²) in [6.07, 6.45) is 0.849. The molecule has 0 radical (unpaired) electrons. The van der Waals surface area contributed by atoms with Crippen molar-refractivity contribution in [3.05, 3.63) is 10.6 Å². The van der Waals surface area contributed by atoms with Crippen LogP contribution in [0, 0.1) is 0 Å². The van der Waals surface area contributed by atoms with Crippen LogP contribution < -0.4 is 10.6 Å². The molecule has 3 N–H and O–H groups in total. The van der Waals surface area contributed by atoms with E-state index in [1.54, 1.807) is 13.8 Å². The van der Waals surface area contributed by atoms with Crippen molar-refractivity contribution in [3.63, 3.8) is 0 Å². The van der Waals surface area contributed by atoms with Crippen LogP contribution in [0.3, 0.4) is 0 Å². The molecule has 1 aliphatic heterocycles. The van der Waals surface area contributed by atoms with Gasteiger partial charge in [0, 0.05) is 24.4 Å². The van der Waals surface area contributed by atoms with Gasteiger partial charge < -0.3 is 15.3 Å². The van der Waals surface area contributed by atoms with Gasteiger partial charge in [-0.1, -0.05) is 0 Å². The Kier molecular flexibility index (Phi) is 4.60. The van der Waals surface area contributed by atoms with E-state index in [1.165, 1.54) is 11.3 Å². The highest BCUT2D eigenvalue weighted by Gasteiger charge is 2.25.